The maximum absolute atomic E-state index is 13.6. The van der Waals surface area contributed by atoms with E-state index < -0.39 is 5.82 Å². The maximum atomic E-state index is 13.6. The van der Waals surface area contributed by atoms with Gasteiger partial charge in [-0.2, -0.15) is 9.61 Å². The molecule has 0 aliphatic carbocycles. The average molecular weight is 382 g/mol. The van der Waals surface area contributed by atoms with Crippen molar-refractivity contribution in [2.24, 2.45) is 0 Å². The number of nitrogens with zero attached hydrogens (tertiary/aromatic N) is 4. The molecule has 2 aromatic heterocycles. The number of halogens is 2. The van der Waals surface area contributed by atoms with Gasteiger partial charge in [-0.05, 0) is 30.3 Å². The second-order valence-electron chi connectivity index (χ2n) is 4.27. The van der Waals surface area contributed by atoms with Gasteiger partial charge in [-0.15, -0.1) is 10.2 Å². The van der Waals surface area contributed by atoms with Gasteiger partial charge < -0.3 is 5.32 Å². The summed E-state index contributed by atoms with van der Waals surface area (Å²) in [6.07, 6.45) is 1.48. The van der Waals surface area contributed by atoms with Gasteiger partial charge in [0.05, 0.1) is 11.4 Å². The summed E-state index contributed by atoms with van der Waals surface area (Å²) in [6, 6.07) is 7.97. The minimum atomic E-state index is -0.489. The van der Waals surface area contributed by atoms with Gasteiger partial charge in [-0.25, -0.2) is 4.39 Å². The Morgan fingerprint density at radius 3 is 3.05 bits per heavy atom. The van der Waals surface area contributed by atoms with Crippen molar-refractivity contribution in [2.75, 3.05) is 11.1 Å². The van der Waals surface area contributed by atoms with E-state index in [1.165, 1.54) is 34.7 Å². The normalized spacial score (nSPS) is 10.8. The number of benzene rings is 1. The molecule has 0 bridgehead atoms. The molecule has 0 fully saturated rings. The molecule has 0 aliphatic rings. The largest absolute Gasteiger partial charge is 0.323 e. The molecule has 1 amide bonds. The Balaban J connectivity index is 1.62. The lowest BCUT2D eigenvalue weighted by atomic mass is 10.3. The zero-order valence-corrected chi connectivity index (χ0v) is 13.4. The first-order valence-electron chi connectivity index (χ1n) is 6.16. The molecule has 22 heavy (non-hydrogen) atoms. The summed E-state index contributed by atoms with van der Waals surface area (Å²) in [4.78, 5) is 11.9. The third-order valence-corrected chi connectivity index (χ3v) is 4.11. The van der Waals surface area contributed by atoms with Crippen molar-refractivity contribution in [3.05, 3.63) is 46.9 Å². The highest BCUT2D eigenvalue weighted by molar-refractivity contribution is 9.10. The first kappa shape index (κ1) is 14.9. The molecule has 3 aromatic rings. The van der Waals surface area contributed by atoms with Gasteiger partial charge in [0.1, 0.15) is 17.2 Å². The van der Waals surface area contributed by atoms with Crippen LogP contribution in [0.25, 0.3) is 5.65 Å². The molecule has 0 spiro atoms. The van der Waals surface area contributed by atoms with Gasteiger partial charge in [0, 0.05) is 4.47 Å². The van der Waals surface area contributed by atoms with Crippen LogP contribution in [0.2, 0.25) is 0 Å². The number of hydrogen-bond donors (Lipinski definition) is 1. The van der Waals surface area contributed by atoms with E-state index in [0.29, 0.717) is 15.1 Å². The summed E-state index contributed by atoms with van der Waals surface area (Å²) in [6.45, 7) is 0. The number of nitrogens with one attached hydrogen (secondary N) is 1. The predicted octanol–water partition coefficient (Wildman–Crippen LogP) is 2.76. The molecule has 0 radical (unpaired) electrons. The Kier molecular flexibility index (Phi) is 4.34. The minimum absolute atomic E-state index is 0.121. The lowest BCUT2D eigenvalue weighted by Gasteiger charge is -2.06. The maximum Gasteiger partial charge on any atom is 0.234 e. The standard InChI is InChI=1S/C13H9BrFN5OS/c14-8-1-2-10(9(15)5-8)17-12(21)6-22-13-4-3-11-18-16-7-20(11)19-13/h1-5,7H,6H2,(H,17,21). The molecule has 1 aromatic carbocycles. The summed E-state index contributed by atoms with van der Waals surface area (Å²) in [7, 11) is 0. The second-order valence-corrected chi connectivity index (χ2v) is 6.18. The number of aromatic nitrogens is 4. The highest BCUT2D eigenvalue weighted by Gasteiger charge is 2.09. The average Bonchev–Trinajstić information content (AvgIpc) is 2.95. The number of thioether (sulfide) groups is 1. The van der Waals surface area contributed by atoms with Gasteiger partial charge in [0.15, 0.2) is 5.65 Å². The molecular formula is C13H9BrFN5OS. The summed E-state index contributed by atoms with van der Waals surface area (Å²) in [5.41, 5.74) is 0.779. The molecule has 0 atom stereocenters. The van der Waals surface area contributed by atoms with E-state index in [1.54, 1.807) is 18.2 Å². The highest BCUT2D eigenvalue weighted by Crippen LogP contribution is 2.20. The number of carbonyl (C=O) groups excluding carboxylic acids is 1. The molecule has 0 unspecified atom stereocenters. The van der Waals surface area contributed by atoms with Gasteiger partial charge in [0.2, 0.25) is 5.91 Å². The Labute approximate surface area is 137 Å². The molecule has 6 nitrogen and oxygen atoms in total. The second kappa shape index (κ2) is 6.41. The van der Waals surface area contributed by atoms with E-state index in [2.05, 4.69) is 36.5 Å². The SMILES string of the molecule is O=C(CSc1ccc2nncn2n1)Nc1ccc(Br)cc1F. The quantitative estimate of drug-likeness (QED) is 0.703. The Morgan fingerprint density at radius 1 is 1.36 bits per heavy atom. The minimum Gasteiger partial charge on any atom is -0.323 e. The number of amides is 1. The van der Waals surface area contributed by atoms with E-state index >= 15 is 0 Å². The zero-order chi connectivity index (χ0) is 15.5. The van der Waals surface area contributed by atoms with E-state index in [-0.39, 0.29) is 17.3 Å². The fraction of sp³-hybridized carbons (Fsp3) is 0.0769. The number of carbonyl (C=O) groups is 1. The first-order valence-corrected chi connectivity index (χ1v) is 7.94. The van der Waals surface area contributed by atoms with Gasteiger partial charge in [-0.3, -0.25) is 4.79 Å². The third-order valence-electron chi connectivity index (χ3n) is 2.69. The fourth-order valence-electron chi connectivity index (χ4n) is 1.70. The smallest absolute Gasteiger partial charge is 0.234 e. The lowest BCUT2D eigenvalue weighted by molar-refractivity contribution is -0.113. The van der Waals surface area contributed by atoms with Crippen LogP contribution in [0.1, 0.15) is 0 Å². The van der Waals surface area contributed by atoms with E-state index in [9.17, 15) is 9.18 Å². The van der Waals surface area contributed by atoms with Crippen LogP contribution in [0.15, 0.2) is 46.2 Å². The van der Waals surface area contributed by atoms with E-state index in [0.717, 1.165) is 0 Å². The molecule has 9 heteroatoms. The number of fused-ring (bicyclic) bond motifs is 1. The fourth-order valence-corrected chi connectivity index (χ4v) is 2.70. The van der Waals surface area contributed by atoms with Crippen molar-refractivity contribution < 1.29 is 9.18 Å². The van der Waals surface area contributed by atoms with Crippen molar-refractivity contribution in [2.45, 2.75) is 5.03 Å². The molecule has 0 saturated heterocycles. The van der Waals surface area contributed by atoms with Crippen LogP contribution < -0.4 is 5.32 Å². The van der Waals surface area contributed by atoms with Gasteiger partial charge >= 0.3 is 0 Å². The molecule has 3 rings (SSSR count). The van der Waals surface area contributed by atoms with Crippen LogP contribution in [-0.4, -0.2) is 31.5 Å². The molecule has 0 aliphatic heterocycles. The van der Waals surface area contributed by atoms with Crippen LogP contribution in [0.3, 0.4) is 0 Å². The van der Waals surface area contributed by atoms with Crippen LogP contribution in [0.4, 0.5) is 10.1 Å². The molecule has 2 heterocycles. The number of hydrogen-bond acceptors (Lipinski definition) is 5. The number of rotatable bonds is 4. The zero-order valence-electron chi connectivity index (χ0n) is 11.0. The highest BCUT2D eigenvalue weighted by atomic mass is 79.9. The Bertz CT molecular complexity index is 840. The van der Waals surface area contributed by atoms with Crippen LogP contribution in [0.5, 0.6) is 0 Å². The van der Waals surface area contributed by atoms with Gasteiger partial charge in [0.25, 0.3) is 0 Å². The number of anilines is 1. The lowest BCUT2D eigenvalue weighted by Crippen LogP contribution is -2.15. The van der Waals surface area contributed by atoms with Crippen molar-refractivity contribution in [1.82, 2.24) is 19.8 Å². The molecular weight excluding hydrogens is 373 g/mol. The Hall–Kier alpha value is -2.00. The van der Waals surface area contributed by atoms with Gasteiger partial charge in [-0.1, -0.05) is 27.7 Å². The summed E-state index contributed by atoms with van der Waals surface area (Å²) in [5.74, 6) is -0.676. The first-order chi connectivity index (χ1) is 10.6. The third kappa shape index (κ3) is 3.42. The van der Waals surface area contributed by atoms with Crippen molar-refractivity contribution in [1.29, 1.82) is 0 Å². The topological polar surface area (TPSA) is 72.2 Å². The monoisotopic (exact) mass is 381 g/mol. The van der Waals surface area contributed by atoms with Crippen molar-refractivity contribution in [3.8, 4) is 0 Å². The van der Waals surface area contributed by atoms with E-state index in [4.69, 9.17) is 0 Å². The molecule has 1 N–H and O–H groups in total. The van der Waals surface area contributed by atoms with Crippen molar-refractivity contribution >= 4 is 44.9 Å². The van der Waals surface area contributed by atoms with Crippen LogP contribution in [-0.2, 0) is 4.79 Å². The van der Waals surface area contributed by atoms with E-state index in [1.807, 2.05) is 0 Å². The summed E-state index contributed by atoms with van der Waals surface area (Å²) in [5, 5.41) is 15.0. The summed E-state index contributed by atoms with van der Waals surface area (Å²) >= 11 is 4.41. The molecule has 112 valence electrons. The van der Waals surface area contributed by atoms with Crippen LogP contribution in [0, 0.1) is 5.82 Å². The summed E-state index contributed by atoms with van der Waals surface area (Å²) < 4.78 is 15.8. The Morgan fingerprint density at radius 2 is 2.23 bits per heavy atom. The molecule has 0 saturated carbocycles. The van der Waals surface area contributed by atoms with Crippen LogP contribution >= 0.6 is 27.7 Å². The van der Waals surface area contributed by atoms with Crippen molar-refractivity contribution in [3.63, 3.8) is 0 Å². The predicted molar refractivity (Wildman–Crippen MR) is 84.2 cm³/mol.